The second-order valence-corrected chi connectivity index (χ2v) is 6.38. The maximum absolute atomic E-state index is 14.0. The zero-order valence-corrected chi connectivity index (χ0v) is 14.9. The number of H-pyrrole nitrogens is 1. The first-order valence-corrected chi connectivity index (χ1v) is 8.53. The lowest BCUT2D eigenvalue weighted by molar-refractivity contribution is -0.116. The number of fused-ring (bicyclic) bond motifs is 1. The van der Waals surface area contributed by atoms with E-state index in [4.69, 9.17) is 5.73 Å². The molecule has 0 unspecified atom stereocenters. The van der Waals surface area contributed by atoms with Crippen LogP contribution in [0.1, 0.15) is 22.4 Å². The summed E-state index contributed by atoms with van der Waals surface area (Å²) in [7, 11) is 0. The third-order valence-electron chi connectivity index (χ3n) is 4.47. The molecule has 4 N–H and O–H groups in total. The number of carbonyl (C=O) groups is 1. The SMILES string of the molecule is Cc1[nH]c2c(F)ccc(C)c2c1CCNC(=O)/C=C/c1ccc(N)cc1. The van der Waals surface area contributed by atoms with Crippen molar-refractivity contribution in [3.05, 3.63) is 70.7 Å². The van der Waals surface area contributed by atoms with E-state index in [9.17, 15) is 9.18 Å². The van der Waals surface area contributed by atoms with Gasteiger partial charge in [-0.3, -0.25) is 4.79 Å². The molecule has 0 aliphatic carbocycles. The Kier molecular flexibility index (Phi) is 5.07. The molecule has 1 aromatic heterocycles. The van der Waals surface area contributed by atoms with Gasteiger partial charge in [0.2, 0.25) is 5.91 Å². The molecular formula is C21H22FN3O. The van der Waals surface area contributed by atoms with E-state index in [1.54, 1.807) is 24.3 Å². The lowest BCUT2D eigenvalue weighted by Gasteiger charge is -2.05. The number of amides is 1. The number of halogens is 1. The fourth-order valence-corrected chi connectivity index (χ4v) is 3.10. The van der Waals surface area contributed by atoms with Gasteiger partial charge in [0, 0.05) is 29.4 Å². The highest BCUT2D eigenvalue weighted by Crippen LogP contribution is 2.27. The molecule has 0 aliphatic heterocycles. The van der Waals surface area contributed by atoms with Crippen LogP contribution in [0, 0.1) is 19.7 Å². The summed E-state index contributed by atoms with van der Waals surface area (Å²) in [5.74, 6) is -0.419. The van der Waals surface area contributed by atoms with E-state index >= 15 is 0 Å². The molecule has 1 amide bonds. The normalized spacial score (nSPS) is 11.3. The van der Waals surface area contributed by atoms with Crippen LogP contribution in [0.2, 0.25) is 0 Å². The lowest BCUT2D eigenvalue weighted by Crippen LogP contribution is -2.23. The maximum Gasteiger partial charge on any atom is 0.244 e. The van der Waals surface area contributed by atoms with Crippen molar-refractivity contribution in [2.24, 2.45) is 0 Å². The molecule has 5 heteroatoms. The molecule has 0 saturated carbocycles. The molecule has 0 saturated heterocycles. The van der Waals surface area contributed by atoms with Crippen LogP contribution in [0.3, 0.4) is 0 Å². The highest BCUT2D eigenvalue weighted by molar-refractivity contribution is 5.92. The minimum Gasteiger partial charge on any atom is -0.399 e. The Morgan fingerprint density at radius 2 is 1.92 bits per heavy atom. The molecule has 4 nitrogen and oxygen atoms in total. The molecule has 2 aromatic carbocycles. The average Bonchev–Trinajstić information content (AvgIpc) is 2.96. The molecule has 0 aliphatic rings. The van der Waals surface area contributed by atoms with Gasteiger partial charge < -0.3 is 16.0 Å². The number of rotatable bonds is 5. The maximum atomic E-state index is 14.0. The molecule has 134 valence electrons. The van der Waals surface area contributed by atoms with E-state index in [-0.39, 0.29) is 11.7 Å². The number of hydrogen-bond donors (Lipinski definition) is 3. The Bertz CT molecular complexity index is 971. The van der Waals surface area contributed by atoms with Gasteiger partial charge in [-0.1, -0.05) is 18.2 Å². The number of aromatic nitrogens is 1. The minimum absolute atomic E-state index is 0.165. The van der Waals surface area contributed by atoms with Crippen LogP contribution >= 0.6 is 0 Å². The fraction of sp³-hybridized carbons (Fsp3) is 0.190. The third-order valence-corrected chi connectivity index (χ3v) is 4.47. The van der Waals surface area contributed by atoms with Gasteiger partial charge >= 0.3 is 0 Å². The molecule has 26 heavy (non-hydrogen) atoms. The van der Waals surface area contributed by atoms with Gasteiger partial charge in [0.15, 0.2) is 0 Å². The van der Waals surface area contributed by atoms with Gasteiger partial charge in [-0.15, -0.1) is 0 Å². The summed E-state index contributed by atoms with van der Waals surface area (Å²) >= 11 is 0. The molecule has 1 heterocycles. The molecular weight excluding hydrogens is 329 g/mol. The van der Waals surface area contributed by atoms with Crippen molar-refractivity contribution in [3.8, 4) is 0 Å². The first-order chi connectivity index (χ1) is 12.5. The van der Waals surface area contributed by atoms with Gasteiger partial charge in [-0.2, -0.15) is 0 Å². The summed E-state index contributed by atoms with van der Waals surface area (Å²) in [5.41, 5.74) is 10.8. The lowest BCUT2D eigenvalue weighted by atomic mass is 10.0. The summed E-state index contributed by atoms with van der Waals surface area (Å²) in [6.07, 6.45) is 3.88. The van der Waals surface area contributed by atoms with Crippen molar-refractivity contribution in [1.82, 2.24) is 10.3 Å². The van der Waals surface area contributed by atoms with Gasteiger partial charge in [0.05, 0.1) is 5.52 Å². The van der Waals surface area contributed by atoms with Crippen molar-refractivity contribution in [3.63, 3.8) is 0 Å². The quantitative estimate of drug-likeness (QED) is 0.482. The van der Waals surface area contributed by atoms with Crippen molar-refractivity contribution in [2.45, 2.75) is 20.3 Å². The highest BCUT2D eigenvalue weighted by atomic mass is 19.1. The summed E-state index contributed by atoms with van der Waals surface area (Å²) in [4.78, 5) is 15.1. The number of aryl methyl sites for hydroxylation is 2. The van der Waals surface area contributed by atoms with E-state index in [2.05, 4.69) is 10.3 Å². The zero-order valence-electron chi connectivity index (χ0n) is 14.9. The second-order valence-electron chi connectivity index (χ2n) is 6.38. The van der Waals surface area contributed by atoms with Gasteiger partial charge in [-0.05, 0) is 61.2 Å². The molecule has 0 spiro atoms. The summed E-state index contributed by atoms with van der Waals surface area (Å²) in [5, 5.41) is 3.78. The Labute approximate surface area is 151 Å². The van der Waals surface area contributed by atoms with Gasteiger partial charge in [0.1, 0.15) is 5.82 Å². The molecule has 3 rings (SSSR count). The topological polar surface area (TPSA) is 70.9 Å². The molecule has 0 bridgehead atoms. The molecule has 0 atom stereocenters. The average molecular weight is 351 g/mol. The largest absolute Gasteiger partial charge is 0.399 e. The summed E-state index contributed by atoms with van der Waals surface area (Å²) < 4.78 is 14.0. The number of nitrogens with one attached hydrogen (secondary N) is 2. The van der Waals surface area contributed by atoms with E-state index < -0.39 is 0 Å². The Balaban J connectivity index is 1.64. The number of anilines is 1. The Morgan fingerprint density at radius 3 is 2.65 bits per heavy atom. The number of hydrogen-bond acceptors (Lipinski definition) is 2. The smallest absolute Gasteiger partial charge is 0.244 e. The predicted molar refractivity (Wildman–Crippen MR) is 104 cm³/mol. The van der Waals surface area contributed by atoms with E-state index in [1.807, 2.05) is 26.0 Å². The van der Waals surface area contributed by atoms with Gasteiger partial charge in [-0.25, -0.2) is 4.39 Å². The van der Waals surface area contributed by atoms with Crippen LogP contribution in [0.15, 0.2) is 42.5 Å². The number of nitrogen functional groups attached to an aromatic ring is 1. The number of carbonyl (C=O) groups excluding carboxylic acids is 1. The van der Waals surface area contributed by atoms with Crippen molar-refractivity contribution in [1.29, 1.82) is 0 Å². The monoisotopic (exact) mass is 351 g/mol. The minimum atomic E-state index is -0.254. The van der Waals surface area contributed by atoms with Crippen LogP contribution in [0.5, 0.6) is 0 Å². The van der Waals surface area contributed by atoms with Crippen molar-refractivity contribution in [2.75, 3.05) is 12.3 Å². The molecule has 3 aromatic rings. The van der Waals surface area contributed by atoms with Crippen LogP contribution in [0.25, 0.3) is 17.0 Å². The van der Waals surface area contributed by atoms with Crippen LogP contribution in [-0.2, 0) is 11.2 Å². The van der Waals surface area contributed by atoms with Crippen molar-refractivity contribution < 1.29 is 9.18 Å². The third kappa shape index (κ3) is 3.77. The van der Waals surface area contributed by atoms with Crippen LogP contribution < -0.4 is 11.1 Å². The first kappa shape index (κ1) is 17.7. The zero-order chi connectivity index (χ0) is 18.7. The van der Waals surface area contributed by atoms with Crippen LogP contribution in [-0.4, -0.2) is 17.4 Å². The predicted octanol–water partition coefficient (Wildman–Crippen LogP) is 3.88. The van der Waals surface area contributed by atoms with Crippen molar-refractivity contribution >= 4 is 28.6 Å². The fourth-order valence-electron chi connectivity index (χ4n) is 3.10. The van der Waals surface area contributed by atoms with E-state index in [0.717, 1.165) is 27.8 Å². The number of benzene rings is 2. The Morgan fingerprint density at radius 1 is 1.19 bits per heavy atom. The summed E-state index contributed by atoms with van der Waals surface area (Å²) in [6.45, 7) is 4.37. The summed E-state index contributed by atoms with van der Waals surface area (Å²) in [6, 6.07) is 10.5. The number of nitrogens with two attached hydrogens (primary N) is 1. The molecule has 0 fully saturated rings. The molecule has 0 radical (unpaired) electrons. The highest BCUT2D eigenvalue weighted by Gasteiger charge is 2.13. The van der Waals surface area contributed by atoms with Crippen LogP contribution in [0.4, 0.5) is 10.1 Å². The first-order valence-electron chi connectivity index (χ1n) is 8.53. The van der Waals surface area contributed by atoms with Gasteiger partial charge in [0.25, 0.3) is 0 Å². The number of aromatic amines is 1. The van der Waals surface area contributed by atoms with E-state index in [1.165, 1.54) is 12.1 Å². The second kappa shape index (κ2) is 7.44. The van der Waals surface area contributed by atoms with E-state index in [0.29, 0.717) is 24.2 Å². The standard InChI is InChI=1S/C21H22FN3O/c1-13-3-9-18(22)21-20(13)17(14(2)25-21)11-12-24-19(26)10-6-15-4-7-16(23)8-5-15/h3-10,25H,11-12,23H2,1-2H3,(H,24,26)/b10-6+. The Hall–Kier alpha value is -3.08.